The maximum absolute atomic E-state index is 6.51. The molecule has 0 spiro atoms. The summed E-state index contributed by atoms with van der Waals surface area (Å²) >= 11 is 0. The van der Waals surface area contributed by atoms with E-state index in [0.717, 1.165) is 37.2 Å². The molecule has 1 aliphatic heterocycles. The SMILES string of the molecule is CCCN1CCOC(C(N)c2cccc3ccncc23)C1. The molecule has 1 aromatic heterocycles. The van der Waals surface area contributed by atoms with Crippen molar-refractivity contribution in [2.24, 2.45) is 5.73 Å². The van der Waals surface area contributed by atoms with Gasteiger partial charge in [-0.25, -0.2) is 0 Å². The molecule has 2 unspecified atom stereocenters. The fourth-order valence-corrected chi connectivity index (χ4v) is 3.10. The number of aromatic nitrogens is 1. The van der Waals surface area contributed by atoms with Crippen molar-refractivity contribution < 1.29 is 4.74 Å². The van der Waals surface area contributed by atoms with Crippen molar-refractivity contribution in [3.8, 4) is 0 Å². The molecule has 0 radical (unpaired) electrons. The average Bonchev–Trinajstić information content (AvgIpc) is 2.54. The second kappa shape index (κ2) is 6.52. The third-order valence-corrected chi connectivity index (χ3v) is 4.19. The van der Waals surface area contributed by atoms with Crippen LogP contribution in [0, 0.1) is 0 Å². The lowest BCUT2D eigenvalue weighted by atomic mass is 9.96. The van der Waals surface area contributed by atoms with Crippen molar-refractivity contribution in [1.29, 1.82) is 0 Å². The highest BCUT2D eigenvalue weighted by Crippen LogP contribution is 2.26. The zero-order valence-electron chi connectivity index (χ0n) is 12.5. The first-order valence-electron chi connectivity index (χ1n) is 7.71. The van der Waals surface area contributed by atoms with E-state index in [-0.39, 0.29) is 12.1 Å². The molecule has 2 aromatic rings. The Morgan fingerprint density at radius 1 is 1.43 bits per heavy atom. The van der Waals surface area contributed by atoms with Crippen LogP contribution in [0.5, 0.6) is 0 Å². The molecule has 2 N–H and O–H groups in total. The Morgan fingerprint density at radius 2 is 2.33 bits per heavy atom. The Morgan fingerprint density at radius 3 is 3.19 bits per heavy atom. The van der Waals surface area contributed by atoms with E-state index in [1.165, 1.54) is 11.8 Å². The first-order chi connectivity index (χ1) is 10.3. The number of rotatable bonds is 4. The van der Waals surface area contributed by atoms with Gasteiger partial charge in [-0.1, -0.05) is 25.1 Å². The second-order valence-electron chi connectivity index (χ2n) is 5.68. The van der Waals surface area contributed by atoms with Gasteiger partial charge in [0.25, 0.3) is 0 Å². The summed E-state index contributed by atoms with van der Waals surface area (Å²) in [6.07, 6.45) is 4.94. The van der Waals surface area contributed by atoms with Crippen molar-refractivity contribution in [2.75, 3.05) is 26.2 Å². The Kier molecular flexibility index (Phi) is 4.48. The van der Waals surface area contributed by atoms with Gasteiger partial charge in [-0.15, -0.1) is 0 Å². The average molecular weight is 285 g/mol. The van der Waals surface area contributed by atoms with Crippen molar-refractivity contribution in [1.82, 2.24) is 9.88 Å². The lowest BCUT2D eigenvalue weighted by molar-refractivity contribution is -0.0405. The van der Waals surface area contributed by atoms with Gasteiger partial charge < -0.3 is 10.5 Å². The van der Waals surface area contributed by atoms with Gasteiger partial charge in [0.1, 0.15) is 0 Å². The number of hydrogen-bond acceptors (Lipinski definition) is 4. The Hall–Kier alpha value is -1.49. The van der Waals surface area contributed by atoms with E-state index in [9.17, 15) is 0 Å². The van der Waals surface area contributed by atoms with Gasteiger partial charge in [0.2, 0.25) is 0 Å². The monoisotopic (exact) mass is 285 g/mol. The van der Waals surface area contributed by atoms with E-state index in [1.807, 2.05) is 18.5 Å². The predicted octanol–water partition coefficient (Wildman–Crippen LogP) is 2.35. The van der Waals surface area contributed by atoms with E-state index in [0.29, 0.717) is 0 Å². The fourth-order valence-electron chi connectivity index (χ4n) is 3.10. The zero-order valence-corrected chi connectivity index (χ0v) is 12.5. The molecule has 0 amide bonds. The van der Waals surface area contributed by atoms with Gasteiger partial charge >= 0.3 is 0 Å². The highest BCUT2D eigenvalue weighted by Gasteiger charge is 2.27. The smallest absolute Gasteiger partial charge is 0.0895 e. The number of benzene rings is 1. The topological polar surface area (TPSA) is 51.4 Å². The van der Waals surface area contributed by atoms with Crippen LogP contribution in [-0.2, 0) is 4.74 Å². The van der Waals surface area contributed by atoms with Crippen LogP contribution < -0.4 is 5.73 Å². The summed E-state index contributed by atoms with van der Waals surface area (Å²) in [6, 6.07) is 8.16. The lowest BCUT2D eigenvalue weighted by Gasteiger charge is -2.36. The summed E-state index contributed by atoms with van der Waals surface area (Å²) in [7, 11) is 0. The summed E-state index contributed by atoms with van der Waals surface area (Å²) in [4.78, 5) is 6.68. The third kappa shape index (κ3) is 3.07. The minimum absolute atomic E-state index is 0.0520. The lowest BCUT2D eigenvalue weighted by Crippen LogP contribution is -2.47. The molecule has 2 heterocycles. The molecule has 4 heteroatoms. The number of nitrogens with zero attached hydrogens (tertiary/aromatic N) is 2. The maximum atomic E-state index is 6.51. The first kappa shape index (κ1) is 14.4. The summed E-state index contributed by atoms with van der Waals surface area (Å²) in [5.74, 6) is 0. The van der Waals surface area contributed by atoms with Gasteiger partial charge in [0.05, 0.1) is 18.8 Å². The van der Waals surface area contributed by atoms with Crippen LogP contribution in [-0.4, -0.2) is 42.2 Å². The number of nitrogens with two attached hydrogens (primary N) is 1. The molecule has 0 saturated carbocycles. The van der Waals surface area contributed by atoms with Gasteiger partial charge in [-0.05, 0) is 30.0 Å². The van der Waals surface area contributed by atoms with Crippen molar-refractivity contribution in [2.45, 2.75) is 25.5 Å². The van der Waals surface area contributed by atoms with Crippen molar-refractivity contribution in [3.05, 3.63) is 42.2 Å². The van der Waals surface area contributed by atoms with Crippen LogP contribution in [0.3, 0.4) is 0 Å². The van der Waals surface area contributed by atoms with Gasteiger partial charge in [-0.2, -0.15) is 0 Å². The van der Waals surface area contributed by atoms with Crippen LogP contribution in [0.2, 0.25) is 0 Å². The highest BCUT2D eigenvalue weighted by atomic mass is 16.5. The van der Waals surface area contributed by atoms with Gasteiger partial charge in [0, 0.05) is 30.9 Å². The molecule has 4 nitrogen and oxygen atoms in total. The molecule has 1 saturated heterocycles. The highest BCUT2D eigenvalue weighted by molar-refractivity contribution is 5.85. The van der Waals surface area contributed by atoms with Crippen molar-refractivity contribution >= 4 is 10.8 Å². The normalized spacial score (nSPS) is 21.5. The number of ether oxygens (including phenoxy) is 1. The Bertz CT molecular complexity index is 594. The number of morpholine rings is 1. The third-order valence-electron chi connectivity index (χ3n) is 4.19. The summed E-state index contributed by atoms with van der Waals surface area (Å²) in [5.41, 5.74) is 7.64. The summed E-state index contributed by atoms with van der Waals surface area (Å²) in [5, 5.41) is 2.31. The van der Waals surface area contributed by atoms with Crippen molar-refractivity contribution in [3.63, 3.8) is 0 Å². The van der Waals surface area contributed by atoms with Gasteiger partial charge in [-0.3, -0.25) is 9.88 Å². The molecule has 112 valence electrons. The number of pyridine rings is 1. The van der Waals surface area contributed by atoms with Gasteiger partial charge in [0.15, 0.2) is 0 Å². The van der Waals surface area contributed by atoms with Crippen LogP contribution in [0.15, 0.2) is 36.7 Å². The standard InChI is InChI=1S/C17H23N3O/c1-2-8-20-9-10-21-16(12-20)17(18)14-5-3-4-13-6-7-19-11-15(13)14/h3-7,11,16-17H,2,8-10,12,18H2,1H3. The Labute approximate surface area is 125 Å². The van der Waals surface area contributed by atoms with E-state index in [2.05, 4.69) is 35.0 Å². The second-order valence-corrected chi connectivity index (χ2v) is 5.68. The van der Waals surface area contributed by atoms with E-state index in [4.69, 9.17) is 10.5 Å². The van der Waals surface area contributed by atoms with E-state index >= 15 is 0 Å². The van der Waals surface area contributed by atoms with Crippen LogP contribution in [0.1, 0.15) is 24.9 Å². The first-order valence-corrected chi connectivity index (χ1v) is 7.71. The fraction of sp³-hybridized carbons (Fsp3) is 0.471. The maximum Gasteiger partial charge on any atom is 0.0895 e. The Balaban J connectivity index is 1.84. The molecule has 21 heavy (non-hydrogen) atoms. The molecule has 1 aromatic carbocycles. The predicted molar refractivity (Wildman–Crippen MR) is 85.1 cm³/mol. The molecule has 0 bridgehead atoms. The number of fused-ring (bicyclic) bond motifs is 1. The van der Waals surface area contributed by atoms with E-state index < -0.39 is 0 Å². The molecule has 0 aliphatic carbocycles. The van der Waals surface area contributed by atoms with Crippen LogP contribution in [0.4, 0.5) is 0 Å². The molecule has 1 aliphatic rings. The van der Waals surface area contributed by atoms with Crippen LogP contribution >= 0.6 is 0 Å². The summed E-state index contributed by atoms with van der Waals surface area (Å²) in [6.45, 7) is 6.01. The minimum atomic E-state index is -0.113. The molecule has 3 rings (SSSR count). The quantitative estimate of drug-likeness (QED) is 0.937. The molecular weight excluding hydrogens is 262 g/mol. The zero-order chi connectivity index (χ0) is 14.7. The van der Waals surface area contributed by atoms with E-state index in [1.54, 1.807) is 0 Å². The minimum Gasteiger partial charge on any atom is -0.374 e. The molecular formula is C17H23N3O. The largest absolute Gasteiger partial charge is 0.374 e. The molecule has 1 fully saturated rings. The molecule has 2 atom stereocenters. The number of hydrogen-bond donors (Lipinski definition) is 1. The summed E-state index contributed by atoms with van der Waals surface area (Å²) < 4.78 is 5.93. The van der Waals surface area contributed by atoms with Crippen LogP contribution in [0.25, 0.3) is 10.8 Å².